The maximum atomic E-state index is 9.40. The van der Waals surface area contributed by atoms with Gasteiger partial charge in [0, 0.05) is 11.7 Å². The molecule has 0 radical (unpaired) electrons. The second kappa shape index (κ2) is 7.96. The fraction of sp³-hybridized carbons (Fsp3) is 0.562. The summed E-state index contributed by atoms with van der Waals surface area (Å²) >= 11 is 1.61. The minimum atomic E-state index is 0.225. The molecule has 0 saturated carbocycles. The molecular formula is C16H24N5O2S+. The van der Waals surface area contributed by atoms with E-state index in [1.807, 2.05) is 0 Å². The smallest absolute Gasteiger partial charge is 0.214 e. The van der Waals surface area contributed by atoms with Crippen LogP contribution in [0.2, 0.25) is 0 Å². The maximum absolute atomic E-state index is 9.40. The molecule has 0 spiro atoms. The first-order valence-corrected chi connectivity index (χ1v) is 9.26. The lowest BCUT2D eigenvalue weighted by Gasteiger charge is -2.30. The van der Waals surface area contributed by atoms with Crippen molar-refractivity contribution in [1.29, 1.82) is 0 Å². The van der Waals surface area contributed by atoms with Crippen molar-refractivity contribution >= 4 is 11.8 Å². The quantitative estimate of drug-likeness (QED) is 0.735. The van der Waals surface area contributed by atoms with Crippen LogP contribution in [0.3, 0.4) is 0 Å². The van der Waals surface area contributed by atoms with Gasteiger partial charge in [0.25, 0.3) is 0 Å². The highest BCUT2D eigenvalue weighted by Crippen LogP contribution is 2.21. The van der Waals surface area contributed by atoms with Crippen molar-refractivity contribution in [3.63, 3.8) is 0 Å². The molecule has 0 amide bonds. The fourth-order valence-corrected chi connectivity index (χ4v) is 3.82. The predicted molar refractivity (Wildman–Crippen MR) is 91.7 cm³/mol. The monoisotopic (exact) mass is 350 g/mol. The van der Waals surface area contributed by atoms with Gasteiger partial charge in [-0.15, -0.1) is 5.10 Å². The second-order valence-electron chi connectivity index (χ2n) is 6.50. The number of nitrogens with one attached hydrogen (secondary N) is 1. The van der Waals surface area contributed by atoms with Crippen LogP contribution in [-0.2, 0) is 4.74 Å². The van der Waals surface area contributed by atoms with Crippen LogP contribution in [-0.4, -0.2) is 63.4 Å². The summed E-state index contributed by atoms with van der Waals surface area (Å²) in [7, 11) is 0. The highest BCUT2D eigenvalue weighted by Gasteiger charge is 2.25. The Morgan fingerprint density at radius 3 is 2.92 bits per heavy atom. The number of morpholine rings is 1. The lowest BCUT2D eigenvalue weighted by molar-refractivity contribution is -0.914. The van der Waals surface area contributed by atoms with Crippen molar-refractivity contribution in [2.75, 3.05) is 32.0 Å². The van der Waals surface area contributed by atoms with Gasteiger partial charge in [0.1, 0.15) is 24.9 Å². The third-order valence-electron chi connectivity index (χ3n) is 3.96. The first kappa shape index (κ1) is 17.2. The van der Waals surface area contributed by atoms with E-state index in [1.165, 1.54) is 6.54 Å². The summed E-state index contributed by atoms with van der Waals surface area (Å²) in [6.07, 6.45) is 0.225. The SMILES string of the molecule is CC(C)C[NH+]1CCO[C@H](CSc2nnnn2-c2ccc(O)cc2)C1. The predicted octanol–water partition coefficient (Wildman–Crippen LogP) is 0.400. The minimum Gasteiger partial charge on any atom is -0.508 e. The van der Waals surface area contributed by atoms with Gasteiger partial charge in [-0.2, -0.15) is 4.68 Å². The van der Waals surface area contributed by atoms with Crippen molar-refractivity contribution in [3.05, 3.63) is 24.3 Å². The van der Waals surface area contributed by atoms with E-state index < -0.39 is 0 Å². The number of rotatable bonds is 6. The van der Waals surface area contributed by atoms with Gasteiger partial charge in [0.05, 0.1) is 18.8 Å². The molecule has 2 heterocycles. The van der Waals surface area contributed by atoms with E-state index in [0.717, 1.165) is 36.3 Å². The molecule has 8 heteroatoms. The van der Waals surface area contributed by atoms with Crippen molar-refractivity contribution in [2.24, 2.45) is 5.92 Å². The third-order valence-corrected chi connectivity index (χ3v) is 5.01. The molecule has 1 aromatic heterocycles. The molecule has 1 aliphatic heterocycles. The molecule has 1 aliphatic rings. The van der Waals surface area contributed by atoms with Crippen molar-refractivity contribution in [2.45, 2.75) is 25.1 Å². The molecule has 130 valence electrons. The Morgan fingerprint density at radius 2 is 2.17 bits per heavy atom. The fourth-order valence-electron chi connectivity index (χ4n) is 2.91. The highest BCUT2D eigenvalue weighted by molar-refractivity contribution is 7.99. The Hall–Kier alpha value is -1.64. The van der Waals surface area contributed by atoms with Gasteiger partial charge in [-0.05, 0) is 34.7 Å². The zero-order valence-corrected chi connectivity index (χ0v) is 14.9. The van der Waals surface area contributed by atoms with Gasteiger partial charge in [-0.3, -0.25) is 0 Å². The largest absolute Gasteiger partial charge is 0.508 e. The molecule has 7 nitrogen and oxygen atoms in total. The molecule has 24 heavy (non-hydrogen) atoms. The molecule has 0 aliphatic carbocycles. The number of ether oxygens (including phenoxy) is 1. The van der Waals surface area contributed by atoms with E-state index in [9.17, 15) is 5.11 Å². The Labute approximate surface area is 146 Å². The number of aromatic hydroxyl groups is 1. The van der Waals surface area contributed by atoms with Crippen molar-refractivity contribution in [3.8, 4) is 11.4 Å². The maximum Gasteiger partial charge on any atom is 0.214 e. The molecule has 2 N–H and O–H groups in total. The lowest BCUT2D eigenvalue weighted by atomic mass is 10.2. The molecule has 0 bridgehead atoms. The molecule has 2 atom stereocenters. The number of benzene rings is 1. The van der Waals surface area contributed by atoms with Crippen LogP contribution in [0.1, 0.15) is 13.8 Å². The second-order valence-corrected chi connectivity index (χ2v) is 7.48. The number of quaternary nitrogens is 1. The number of thioether (sulfide) groups is 1. The summed E-state index contributed by atoms with van der Waals surface area (Å²) in [6.45, 7) is 8.65. The van der Waals surface area contributed by atoms with Gasteiger partial charge in [0.15, 0.2) is 0 Å². The van der Waals surface area contributed by atoms with E-state index in [4.69, 9.17) is 4.74 Å². The van der Waals surface area contributed by atoms with Crippen LogP contribution in [0.5, 0.6) is 5.75 Å². The standard InChI is InChI=1S/C16H23N5O2S/c1-12(2)9-20-7-8-23-15(10-20)11-24-16-17-18-19-21(16)13-3-5-14(22)6-4-13/h3-6,12,15,22H,7-11H2,1-2H3/p+1/t15-/m0/s1. The van der Waals surface area contributed by atoms with Crippen LogP contribution in [0.15, 0.2) is 29.4 Å². The van der Waals surface area contributed by atoms with Crippen molar-refractivity contribution < 1.29 is 14.7 Å². The van der Waals surface area contributed by atoms with E-state index in [-0.39, 0.29) is 11.9 Å². The zero-order valence-electron chi connectivity index (χ0n) is 14.1. The third kappa shape index (κ3) is 4.46. The average Bonchev–Trinajstić information content (AvgIpc) is 3.02. The average molecular weight is 350 g/mol. The van der Waals surface area contributed by atoms with E-state index in [1.54, 1.807) is 45.6 Å². The number of nitrogens with zero attached hydrogens (tertiary/aromatic N) is 4. The van der Waals surface area contributed by atoms with Crippen LogP contribution >= 0.6 is 11.8 Å². The summed E-state index contributed by atoms with van der Waals surface area (Å²) in [6, 6.07) is 6.84. The van der Waals surface area contributed by atoms with Crippen LogP contribution in [0.25, 0.3) is 5.69 Å². The Morgan fingerprint density at radius 1 is 1.38 bits per heavy atom. The van der Waals surface area contributed by atoms with Crippen molar-refractivity contribution in [1.82, 2.24) is 20.2 Å². The number of aromatic nitrogens is 4. The topological polar surface area (TPSA) is 77.5 Å². The number of tetrazole rings is 1. The summed E-state index contributed by atoms with van der Waals surface area (Å²) < 4.78 is 7.58. The van der Waals surface area contributed by atoms with Crippen LogP contribution in [0.4, 0.5) is 0 Å². The number of hydrogen-bond acceptors (Lipinski definition) is 6. The Kier molecular flexibility index (Phi) is 5.70. The van der Waals surface area contributed by atoms with Gasteiger partial charge in [0.2, 0.25) is 5.16 Å². The molecule has 3 rings (SSSR count). The van der Waals surface area contributed by atoms with Gasteiger partial charge in [-0.1, -0.05) is 25.6 Å². The first-order valence-electron chi connectivity index (χ1n) is 8.27. The molecular weight excluding hydrogens is 326 g/mol. The summed E-state index contributed by atoms with van der Waals surface area (Å²) in [5.41, 5.74) is 0.830. The van der Waals surface area contributed by atoms with Gasteiger partial charge >= 0.3 is 0 Å². The van der Waals surface area contributed by atoms with Crippen LogP contribution in [0, 0.1) is 5.92 Å². The Bertz CT molecular complexity index is 646. The molecule has 1 saturated heterocycles. The lowest BCUT2D eigenvalue weighted by Crippen LogP contribution is -3.15. The summed E-state index contributed by atoms with van der Waals surface area (Å²) in [5, 5.41) is 22.1. The first-order chi connectivity index (χ1) is 11.6. The Balaban J connectivity index is 1.59. The van der Waals surface area contributed by atoms with E-state index >= 15 is 0 Å². The summed E-state index contributed by atoms with van der Waals surface area (Å²) in [4.78, 5) is 1.61. The van der Waals surface area contributed by atoms with Crippen LogP contribution < -0.4 is 4.90 Å². The molecule has 1 aromatic carbocycles. The number of phenolic OH excluding ortho intramolecular Hbond substituents is 1. The van der Waals surface area contributed by atoms with Gasteiger partial charge < -0.3 is 14.7 Å². The zero-order chi connectivity index (χ0) is 16.9. The normalized spacial score (nSPS) is 21.3. The van der Waals surface area contributed by atoms with Gasteiger partial charge in [-0.25, -0.2) is 0 Å². The van der Waals surface area contributed by atoms with E-state index in [0.29, 0.717) is 5.92 Å². The number of hydrogen-bond donors (Lipinski definition) is 2. The minimum absolute atomic E-state index is 0.225. The molecule has 2 aromatic rings. The molecule has 1 unspecified atom stereocenters. The summed E-state index contributed by atoms with van der Waals surface area (Å²) in [5.74, 6) is 1.76. The highest BCUT2D eigenvalue weighted by atomic mass is 32.2. The molecule has 1 fully saturated rings. The number of phenols is 1. The van der Waals surface area contributed by atoms with E-state index in [2.05, 4.69) is 29.4 Å².